The van der Waals surface area contributed by atoms with Gasteiger partial charge in [0, 0.05) is 23.3 Å². The highest BCUT2D eigenvalue weighted by Crippen LogP contribution is 2.20. The number of anilines is 1. The van der Waals surface area contributed by atoms with Gasteiger partial charge in [-0.3, -0.25) is 4.79 Å². The van der Waals surface area contributed by atoms with Crippen LogP contribution in [0.2, 0.25) is 0 Å². The monoisotopic (exact) mass is 357 g/mol. The van der Waals surface area contributed by atoms with Crippen molar-refractivity contribution in [3.63, 3.8) is 0 Å². The second-order valence-corrected chi connectivity index (χ2v) is 5.97. The predicted molar refractivity (Wildman–Crippen MR) is 106 cm³/mol. The third kappa shape index (κ3) is 4.25. The number of ether oxygens (including phenoxy) is 1. The number of nitrogens with zero attached hydrogens (tertiary/aromatic N) is 2. The van der Waals surface area contributed by atoms with Crippen molar-refractivity contribution in [2.45, 2.75) is 6.92 Å². The van der Waals surface area contributed by atoms with E-state index in [1.807, 2.05) is 72.3 Å². The molecule has 134 valence electrons. The lowest BCUT2D eigenvalue weighted by atomic mass is 10.2. The van der Waals surface area contributed by atoms with Crippen molar-refractivity contribution in [1.29, 1.82) is 5.26 Å². The van der Waals surface area contributed by atoms with E-state index in [1.165, 1.54) is 0 Å². The van der Waals surface area contributed by atoms with Crippen LogP contribution < -0.4 is 10.1 Å². The molecule has 0 unspecified atom stereocenters. The van der Waals surface area contributed by atoms with Gasteiger partial charge >= 0.3 is 0 Å². The SMILES string of the molecule is COc1ccc(-n2cc(/C=C(\C#N)C(=O)Nc3ccccc3)cc2C)cc1. The Morgan fingerprint density at radius 1 is 1.15 bits per heavy atom. The molecule has 5 heteroatoms. The van der Waals surface area contributed by atoms with E-state index in [4.69, 9.17) is 4.74 Å². The van der Waals surface area contributed by atoms with E-state index >= 15 is 0 Å². The van der Waals surface area contributed by atoms with E-state index in [1.54, 1.807) is 25.3 Å². The number of hydrogen-bond acceptors (Lipinski definition) is 3. The Morgan fingerprint density at radius 3 is 2.48 bits per heavy atom. The number of aryl methyl sites for hydroxylation is 1. The molecule has 0 bridgehead atoms. The summed E-state index contributed by atoms with van der Waals surface area (Å²) in [6.45, 7) is 1.97. The molecule has 1 heterocycles. The number of carbonyl (C=O) groups excluding carboxylic acids is 1. The summed E-state index contributed by atoms with van der Waals surface area (Å²) in [5, 5.41) is 12.1. The van der Waals surface area contributed by atoms with Gasteiger partial charge in [-0.1, -0.05) is 18.2 Å². The minimum absolute atomic E-state index is 0.0470. The molecule has 5 nitrogen and oxygen atoms in total. The first-order chi connectivity index (χ1) is 13.1. The molecule has 2 aromatic carbocycles. The molecule has 3 aromatic rings. The lowest BCUT2D eigenvalue weighted by molar-refractivity contribution is -0.112. The summed E-state index contributed by atoms with van der Waals surface area (Å²) in [7, 11) is 1.63. The second-order valence-electron chi connectivity index (χ2n) is 5.97. The minimum Gasteiger partial charge on any atom is -0.497 e. The highest BCUT2D eigenvalue weighted by Gasteiger charge is 2.11. The van der Waals surface area contributed by atoms with Gasteiger partial charge in [0.1, 0.15) is 17.4 Å². The van der Waals surface area contributed by atoms with Gasteiger partial charge in [-0.25, -0.2) is 0 Å². The lowest BCUT2D eigenvalue weighted by Gasteiger charge is -2.07. The van der Waals surface area contributed by atoms with Crippen molar-refractivity contribution in [2.24, 2.45) is 0 Å². The van der Waals surface area contributed by atoms with E-state index in [-0.39, 0.29) is 5.57 Å². The van der Waals surface area contributed by atoms with Crippen LogP contribution in [0.15, 0.2) is 72.4 Å². The molecule has 3 rings (SSSR count). The maximum absolute atomic E-state index is 12.4. The molecule has 0 aliphatic rings. The molecule has 0 atom stereocenters. The van der Waals surface area contributed by atoms with Gasteiger partial charge in [0.25, 0.3) is 5.91 Å². The first-order valence-corrected chi connectivity index (χ1v) is 8.42. The normalized spacial score (nSPS) is 10.9. The Labute approximate surface area is 158 Å². The van der Waals surface area contributed by atoms with Crippen LogP contribution in [0.4, 0.5) is 5.69 Å². The topological polar surface area (TPSA) is 67.0 Å². The molecule has 0 aliphatic carbocycles. The zero-order valence-electron chi connectivity index (χ0n) is 15.1. The maximum atomic E-state index is 12.4. The zero-order valence-corrected chi connectivity index (χ0v) is 15.1. The maximum Gasteiger partial charge on any atom is 0.266 e. The van der Waals surface area contributed by atoms with Crippen LogP contribution in [-0.4, -0.2) is 17.6 Å². The van der Waals surface area contributed by atoms with Crippen molar-refractivity contribution in [1.82, 2.24) is 4.57 Å². The van der Waals surface area contributed by atoms with Crippen LogP contribution in [0, 0.1) is 18.3 Å². The number of nitrogens with one attached hydrogen (secondary N) is 1. The van der Waals surface area contributed by atoms with E-state index < -0.39 is 5.91 Å². The molecular formula is C22H19N3O2. The van der Waals surface area contributed by atoms with Gasteiger partial charge in [-0.2, -0.15) is 5.26 Å². The van der Waals surface area contributed by atoms with E-state index in [0.717, 1.165) is 22.7 Å². The van der Waals surface area contributed by atoms with Gasteiger partial charge in [-0.15, -0.1) is 0 Å². The number of amides is 1. The van der Waals surface area contributed by atoms with Crippen molar-refractivity contribution in [3.05, 3.63) is 83.7 Å². The standard InChI is InChI=1S/C22H19N3O2/c1-16-12-17(15-25(16)20-8-10-21(27-2)11-9-20)13-18(14-23)22(26)24-19-6-4-3-5-7-19/h3-13,15H,1-2H3,(H,24,26)/b18-13+. The van der Waals surface area contributed by atoms with Gasteiger partial charge < -0.3 is 14.6 Å². The average Bonchev–Trinajstić information content (AvgIpc) is 3.07. The fraction of sp³-hybridized carbons (Fsp3) is 0.0909. The Morgan fingerprint density at radius 2 is 1.85 bits per heavy atom. The van der Waals surface area contributed by atoms with Crippen LogP contribution in [-0.2, 0) is 4.79 Å². The molecule has 1 amide bonds. The minimum atomic E-state index is -0.432. The molecule has 0 saturated carbocycles. The molecule has 1 N–H and O–H groups in total. The average molecular weight is 357 g/mol. The smallest absolute Gasteiger partial charge is 0.266 e. The zero-order chi connectivity index (χ0) is 19.2. The van der Waals surface area contributed by atoms with Gasteiger partial charge in [0.05, 0.1) is 7.11 Å². The number of rotatable bonds is 5. The van der Waals surface area contributed by atoms with Crippen molar-refractivity contribution < 1.29 is 9.53 Å². The first kappa shape index (κ1) is 18.0. The fourth-order valence-corrected chi connectivity index (χ4v) is 2.73. The quantitative estimate of drug-likeness (QED) is 0.545. The Kier molecular flexibility index (Phi) is 5.38. The summed E-state index contributed by atoms with van der Waals surface area (Å²) < 4.78 is 7.18. The number of aromatic nitrogens is 1. The van der Waals surface area contributed by atoms with Crippen LogP contribution in [0.1, 0.15) is 11.3 Å². The van der Waals surface area contributed by atoms with E-state index in [2.05, 4.69) is 5.32 Å². The van der Waals surface area contributed by atoms with Crippen LogP contribution in [0.3, 0.4) is 0 Å². The van der Waals surface area contributed by atoms with Crippen molar-refractivity contribution in [3.8, 4) is 17.5 Å². The fourth-order valence-electron chi connectivity index (χ4n) is 2.73. The number of benzene rings is 2. The van der Waals surface area contributed by atoms with Crippen LogP contribution >= 0.6 is 0 Å². The second kappa shape index (κ2) is 8.07. The Hall–Kier alpha value is -3.78. The Balaban J connectivity index is 1.84. The third-order valence-electron chi connectivity index (χ3n) is 4.09. The largest absolute Gasteiger partial charge is 0.497 e. The number of carbonyl (C=O) groups is 1. The molecule has 0 radical (unpaired) electrons. The van der Waals surface area contributed by atoms with Gasteiger partial charge in [-0.05, 0) is 61.0 Å². The lowest BCUT2D eigenvalue weighted by Crippen LogP contribution is -2.13. The number of para-hydroxylation sites is 1. The molecule has 1 aromatic heterocycles. The Bertz CT molecular complexity index is 1010. The number of nitriles is 1. The predicted octanol–water partition coefficient (Wildman–Crippen LogP) is 4.34. The summed E-state index contributed by atoms with van der Waals surface area (Å²) in [5.41, 5.74) is 3.44. The van der Waals surface area contributed by atoms with Crippen molar-refractivity contribution in [2.75, 3.05) is 12.4 Å². The molecule has 27 heavy (non-hydrogen) atoms. The van der Waals surface area contributed by atoms with E-state index in [9.17, 15) is 10.1 Å². The summed E-state index contributed by atoms with van der Waals surface area (Å²) in [4.78, 5) is 12.4. The number of hydrogen-bond donors (Lipinski definition) is 1. The molecule has 0 saturated heterocycles. The number of methoxy groups -OCH3 is 1. The van der Waals surface area contributed by atoms with Crippen LogP contribution in [0.5, 0.6) is 5.75 Å². The molecule has 0 fully saturated rings. The third-order valence-corrected chi connectivity index (χ3v) is 4.09. The highest BCUT2D eigenvalue weighted by molar-refractivity contribution is 6.09. The van der Waals surface area contributed by atoms with E-state index in [0.29, 0.717) is 5.69 Å². The van der Waals surface area contributed by atoms with Gasteiger partial charge in [0.2, 0.25) is 0 Å². The summed E-state index contributed by atoms with van der Waals surface area (Å²) in [6, 6.07) is 20.6. The van der Waals surface area contributed by atoms with Crippen molar-refractivity contribution >= 4 is 17.7 Å². The highest BCUT2D eigenvalue weighted by atomic mass is 16.5. The molecular weight excluding hydrogens is 338 g/mol. The van der Waals surface area contributed by atoms with Crippen LogP contribution in [0.25, 0.3) is 11.8 Å². The summed E-state index contributed by atoms with van der Waals surface area (Å²) >= 11 is 0. The molecule has 0 aliphatic heterocycles. The first-order valence-electron chi connectivity index (χ1n) is 8.42. The summed E-state index contributed by atoms with van der Waals surface area (Å²) in [6.07, 6.45) is 3.48. The summed E-state index contributed by atoms with van der Waals surface area (Å²) in [5.74, 6) is 0.353. The molecule has 0 spiro atoms. The van der Waals surface area contributed by atoms with Gasteiger partial charge in [0.15, 0.2) is 0 Å².